The third-order valence-corrected chi connectivity index (χ3v) is 5.33. The van der Waals surface area contributed by atoms with Gasteiger partial charge in [-0.25, -0.2) is 0 Å². The molecular formula is C18H35NO3. The predicted molar refractivity (Wildman–Crippen MR) is 90.9 cm³/mol. The Morgan fingerprint density at radius 2 is 1.45 bits per heavy atom. The van der Waals surface area contributed by atoms with Crippen molar-refractivity contribution in [3.05, 3.63) is 0 Å². The normalized spacial score (nSPS) is 12.3. The molecule has 0 aliphatic carbocycles. The number of ketones is 1. The summed E-state index contributed by atoms with van der Waals surface area (Å²) in [6.07, 6.45) is 5.13. The minimum absolute atomic E-state index is 0.00586. The second-order valence-electron chi connectivity index (χ2n) is 6.27. The van der Waals surface area contributed by atoms with E-state index in [4.69, 9.17) is 4.74 Å². The van der Waals surface area contributed by atoms with Crippen molar-refractivity contribution in [1.82, 2.24) is 5.32 Å². The van der Waals surface area contributed by atoms with Gasteiger partial charge in [0.25, 0.3) is 0 Å². The van der Waals surface area contributed by atoms with Crippen LogP contribution in [0, 0.1) is 5.41 Å². The average Bonchev–Trinajstić information content (AvgIpc) is 2.49. The quantitative estimate of drug-likeness (QED) is 0.595. The van der Waals surface area contributed by atoms with Crippen LogP contribution >= 0.6 is 0 Å². The van der Waals surface area contributed by atoms with Crippen molar-refractivity contribution in [2.24, 2.45) is 5.41 Å². The fraction of sp³-hybridized carbons (Fsp3) is 0.889. The van der Waals surface area contributed by atoms with E-state index >= 15 is 0 Å². The van der Waals surface area contributed by atoms with E-state index < -0.39 is 0 Å². The van der Waals surface area contributed by atoms with E-state index in [2.05, 4.69) is 33.0 Å². The van der Waals surface area contributed by atoms with Crippen molar-refractivity contribution in [1.29, 1.82) is 0 Å². The molecule has 0 fully saturated rings. The fourth-order valence-corrected chi connectivity index (χ4v) is 3.09. The lowest BCUT2D eigenvalue weighted by atomic mass is 9.76. The molecule has 1 amide bonds. The number of hydrogen-bond acceptors (Lipinski definition) is 3. The number of carbonyl (C=O) groups is 2. The monoisotopic (exact) mass is 313 g/mol. The number of nitrogens with one attached hydrogen (secondary N) is 1. The summed E-state index contributed by atoms with van der Waals surface area (Å²) in [5.41, 5.74) is -0.447. The van der Waals surface area contributed by atoms with Crippen LogP contribution in [0.3, 0.4) is 0 Å². The van der Waals surface area contributed by atoms with Gasteiger partial charge in [0.2, 0.25) is 5.91 Å². The first-order chi connectivity index (χ1) is 10.3. The van der Waals surface area contributed by atoms with E-state index in [-0.39, 0.29) is 22.7 Å². The summed E-state index contributed by atoms with van der Waals surface area (Å²) in [6, 6.07) is 0. The molecule has 0 spiro atoms. The van der Waals surface area contributed by atoms with Gasteiger partial charge in [-0.3, -0.25) is 9.59 Å². The van der Waals surface area contributed by atoms with Crippen molar-refractivity contribution in [2.45, 2.75) is 85.7 Å². The third kappa shape index (κ3) is 6.07. The Morgan fingerprint density at radius 1 is 0.909 bits per heavy atom. The summed E-state index contributed by atoms with van der Waals surface area (Å²) in [6.45, 7) is 12.9. The molecule has 0 aromatic carbocycles. The van der Waals surface area contributed by atoms with Crippen LogP contribution in [0.2, 0.25) is 0 Å². The molecule has 0 unspecified atom stereocenters. The smallest absolute Gasteiger partial charge is 0.216 e. The SMILES string of the molecule is CCC(CC)(CCNC(C)=O)OCCC(CC)(CC)C(C)=O. The Kier molecular flexibility index (Phi) is 9.58. The van der Waals surface area contributed by atoms with Gasteiger partial charge in [-0.2, -0.15) is 0 Å². The van der Waals surface area contributed by atoms with Gasteiger partial charge in [0.05, 0.1) is 5.60 Å². The molecule has 0 aromatic heterocycles. The van der Waals surface area contributed by atoms with Crippen molar-refractivity contribution >= 4 is 11.7 Å². The highest BCUT2D eigenvalue weighted by molar-refractivity contribution is 5.82. The highest BCUT2D eigenvalue weighted by Crippen LogP contribution is 2.33. The summed E-state index contributed by atoms with van der Waals surface area (Å²) < 4.78 is 6.22. The summed E-state index contributed by atoms with van der Waals surface area (Å²) in [7, 11) is 0. The maximum Gasteiger partial charge on any atom is 0.216 e. The Balaban J connectivity index is 4.63. The first-order valence-electron chi connectivity index (χ1n) is 8.70. The predicted octanol–water partition coefficient (Wildman–Crippen LogP) is 3.87. The lowest BCUT2D eigenvalue weighted by molar-refractivity contribution is -0.130. The third-order valence-electron chi connectivity index (χ3n) is 5.33. The zero-order valence-corrected chi connectivity index (χ0v) is 15.4. The summed E-state index contributed by atoms with van der Waals surface area (Å²) >= 11 is 0. The fourth-order valence-electron chi connectivity index (χ4n) is 3.09. The maximum atomic E-state index is 12.0. The summed E-state index contributed by atoms with van der Waals surface area (Å²) in [4.78, 5) is 23.0. The van der Waals surface area contributed by atoms with Crippen LogP contribution in [0.1, 0.15) is 80.1 Å². The molecule has 1 N–H and O–H groups in total. The minimum Gasteiger partial charge on any atom is -0.375 e. The van der Waals surface area contributed by atoms with Crippen LogP contribution in [-0.4, -0.2) is 30.4 Å². The number of carbonyl (C=O) groups excluding carboxylic acids is 2. The van der Waals surface area contributed by atoms with Gasteiger partial charge in [0.1, 0.15) is 5.78 Å². The van der Waals surface area contributed by atoms with E-state index in [1.807, 2.05) is 0 Å². The van der Waals surface area contributed by atoms with Gasteiger partial charge in [-0.15, -0.1) is 0 Å². The standard InChI is InChI=1S/C18H35NO3/c1-7-17(8-2,15(5)20)12-14-22-18(9-3,10-4)11-13-19-16(6)21/h7-14H2,1-6H3,(H,19,21). The van der Waals surface area contributed by atoms with Gasteiger partial charge >= 0.3 is 0 Å². The maximum absolute atomic E-state index is 12.0. The number of amides is 1. The number of hydrogen-bond donors (Lipinski definition) is 1. The first kappa shape index (κ1) is 21.1. The molecule has 4 nitrogen and oxygen atoms in total. The van der Waals surface area contributed by atoms with Crippen LogP contribution in [0.5, 0.6) is 0 Å². The van der Waals surface area contributed by atoms with E-state index in [1.54, 1.807) is 6.92 Å². The van der Waals surface area contributed by atoms with Gasteiger partial charge < -0.3 is 10.1 Å². The van der Waals surface area contributed by atoms with Gasteiger partial charge in [-0.05, 0) is 45.4 Å². The molecule has 0 bridgehead atoms. The van der Waals surface area contributed by atoms with Crippen LogP contribution in [0.15, 0.2) is 0 Å². The Bertz CT molecular complexity index is 344. The van der Waals surface area contributed by atoms with Crippen molar-refractivity contribution in [3.8, 4) is 0 Å². The minimum atomic E-state index is -0.245. The highest BCUT2D eigenvalue weighted by atomic mass is 16.5. The summed E-state index contributed by atoms with van der Waals surface area (Å²) in [5, 5.41) is 2.84. The molecule has 22 heavy (non-hydrogen) atoms. The molecule has 130 valence electrons. The molecule has 0 radical (unpaired) electrons. The molecule has 0 saturated heterocycles. The van der Waals surface area contributed by atoms with Gasteiger partial charge in [0.15, 0.2) is 0 Å². The van der Waals surface area contributed by atoms with E-state index in [0.29, 0.717) is 13.2 Å². The molecule has 0 aromatic rings. The van der Waals surface area contributed by atoms with E-state index in [0.717, 1.165) is 38.5 Å². The number of ether oxygens (including phenoxy) is 1. The Morgan fingerprint density at radius 3 is 1.82 bits per heavy atom. The Hall–Kier alpha value is -0.900. The topological polar surface area (TPSA) is 55.4 Å². The van der Waals surface area contributed by atoms with Crippen molar-refractivity contribution < 1.29 is 14.3 Å². The van der Waals surface area contributed by atoms with Gasteiger partial charge in [-0.1, -0.05) is 27.7 Å². The first-order valence-corrected chi connectivity index (χ1v) is 8.70. The molecule has 4 heteroatoms. The Labute approximate surface area is 136 Å². The highest BCUT2D eigenvalue weighted by Gasteiger charge is 2.33. The summed E-state index contributed by atoms with van der Waals surface area (Å²) in [5.74, 6) is 0.256. The van der Waals surface area contributed by atoms with Crippen LogP contribution in [0.4, 0.5) is 0 Å². The second kappa shape index (κ2) is 9.98. The van der Waals surface area contributed by atoms with Crippen molar-refractivity contribution in [2.75, 3.05) is 13.2 Å². The molecule has 0 aliphatic heterocycles. The van der Waals surface area contributed by atoms with Crippen LogP contribution in [0.25, 0.3) is 0 Å². The molecule has 0 atom stereocenters. The molecule has 0 rings (SSSR count). The largest absolute Gasteiger partial charge is 0.375 e. The van der Waals surface area contributed by atoms with E-state index in [9.17, 15) is 9.59 Å². The number of Topliss-reactive ketones (excluding diaryl/α,β-unsaturated/α-hetero) is 1. The number of rotatable bonds is 12. The molecular weight excluding hydrogens is 278 g/mol. The second-order valence-corrected chi connectivity index (χ2v) is 6.27. The van der Waals surface area contributed by atoms with E-state index in [1.165, 1.54) is 6.92 Å². The lowest BCUT2D eigenvalue weighted by Crippen LogP contribution is -2.38. The molecule has 0 heterocycles. The average molecular weight is 313 g/mol. The van der Waals surface area contributed by atoms with Crippen molar-refractivity contribution in [3.63, 3.8) is 0 Å². The van der Waals surface area contributed by atoms with Crippen LogP contribution in [-0.2, 0) is 14.3 Å². The molecule has 0 saturated carbocycles. The zero-order valence-electron chi connectivity index (χ0n) is 15.4. The lowest BCUT2D eigenvalue weighted by Gasteiger charge is -2.35. The zero-order chi connectivity index (χ0) is 17.2. The molecule has 0 aliphatic rings. The van der Waals surface area contributed by atoms with Gasteiger partial charge in [0, 0.05) is 25.5 Å². The van der Waals surface area contributed by atoms with Crippen LogP contribution < -0.4 is 5.32 Å².